The zero-order valence-electron chi connectivity index (χ0n) is 18.2. The molecule has 6 nitrogen and oxygen atoms in total. The highest BCUT2D eigenvalue weighted by molar-refractivity contribution is 7.99. The molecular formula is C23H35N3O3S. The Morgan fingerprint density at radius 3 is 2.73 bits per heavy atom. The number of benzene rings is 1. The highest BCUT2D eigenvalue weighted by Crippen LogP contribution is 2.27. The first-order chi connectivity index (χ1) is 14.5. The van der Waals surface area contributed by atoms with Gasteiger partial charge in [-0.05, 0) is 58.3 Å². The minimum absolute atomic E-state index is 0.0188. The van der Waals surface area contributed by atoms with Gasteiger partial charge in [-0.3, -0.25) is 14.5 Å². The summed E-state index contributed by atoms with van der Waals surface area (Å²) in [7, 11) is 0. The number of para-hydroxylation sites is 1. The van der Waals surface area contributed by atoms with Crippen molar-refractivity contribution < 1.29 is 14.3 Å². The number of carbonyl (C=O) groups excluding carboxylic acids is 2. The number of likely N-dealkylation sites (tertiary alicyclic amines) is 1. The van der Waals surface area contributed by atoms with Crippen molar-refractivity contribution in [3.05, 3.63) is 36.9 Å². The van der Waals surface area contributed by atoms with Crippen LogP contribution in [0.2, 0.25) is 0 Å². The van der Waals surface area contributed by atoms with Gasteiger partial charge in [-0.2, -0.15) is 0 Å². The fraction of sp³-hybridized carbons (Fsp3) is 0.565. The minimum Gasteiger partial charge on any atom is -0.379 e. The Morgan fingerprint density at radius 2 is 2.03 bits per heavy atom. The number of anilines is 1. The molecule has 0 spiro atoms. The molecule has 7 heteroatoms. The number of hydrogen-bond donors (Lipinski definition) is 2. The number of amides is 2. The first kappa shape index (κ1) is 24.4. The van der Waals surface area contributed by atoms with E-state index in [2.05, 4.69) is 22.1 Å². The van der Waals surface area contributed by atoms with Crippen molar-refractivity contribution in [1.29, 1.82) is 0 Å². The maximum absolute atomic E-state index is 12.5. The van der Waals surface area contributed by atoms with Gasteiger partial charge >= 0.3 is 0 Å². The maximum Gasteiger partial charge on any atom is 0.238 e. The Kier molecular flexibility index (Phi) is 11.0. The van der Waals surface area contributed by atoms with E-state index in [1.807, 2.05) is 44.2 Å². The van der Waals surface area contributed by atoms with Crippen molar-refractivity contribution >= 4 is 29.3 Å². The molecule has 1 aromatic rings. The van der Waals surface area contributed by atoms with Crippen LogP contribution in [0.5, 0.6) is 0 Å². The molecule has 0 saturated carbocycles. The monoisotopic (exact) mass is 433 g/mol. The first-order valence-corrected chi connectivity index (χ1v) is 11.7. The van der Waals surface area contributed by atoms with E-state index in [0.29, 0.717) is 19.7 Å². The molecule has 0 aliphatic carbocycles. The number of carbonyl (C=O) groups is 2. The van der Waals surface area contributed by atoms with Crippen molar-refractivity contribution in [1.82, 2.24) is 10.2 Å². The van der Waals surface area contributed by atoms with E-state index in [1.165, 1.54) is 0 Å². The fourth-order valence-electron chi connectivity index (χ4n) is 3.34. The lowest BCUT2D eigenvalue weighted by molar-refractivity contribution is -0.126. The number of rotatable bonds is 12. The van der Waals surface area contributed by atoms with Crippen LogP contribution in [-0.2, 0) is 14.3 Å². The second kappa shape index (κ2) is 13.5. The Bertz CT molecular complexity index is 688. The van der Waals surface area contributed by atoms with Crippen LogP contribution < -0.4 is 10.6 Å². The number of ether oxygens (including phenoxy) is 1. The summed E-state index contributed by atoms with van der Waals surface area (Å²) >= 11 is 1.65. The highest BCUT2D eigenvalue weighted by Gasteiger charge is 2.25. The highest BCUT2D eigenvalue weighted by atomic mass is 32.2. The second-order valence-electron chi connectivity index (χ2n) is 7.76. The topological polar surface area (TPSA) is 70.7 Å². The minimum atomic E-state index is -0.0188. The van der Waals surface area contributed by atoms with Gasteiger partial charge < -0.3 is 15.4 Å². The summed E-state index contributed by atoms with van der Waals surface area (Å²) in [5.74, 6) is 0.936. The van der Waals surface area contributed by atoms with Gasteiger partial charge in [-0.25, -0.2) is 0 Å². The molecule has 166 valence electrons. The molecule has 1 heterocycles. The third kappa shape index (κ3) is 8.90. The van der Waals surface area contributed by atoms with Crippen molar-refractivity contribution in [3.63, 3.8) is 0 Å². The number of nitrogens with zero attached hydrogens (tertiary/aromatic N) is 1. The number of nitrogens with one attached hydrogen (secondary N) is 2. The van der Waals surface area contributed by atoms with Crippen LogP contribution in [0.4, 0.5) is 5.69 Å². The Labute approximate surface area is 184 Å². The van der Waals surface area contributed by atoms with Crippen LogP contribution in [0.15, 0.2) is 41.8 Å². The molecule has 2 amide bonds. The van der Waals surface area contributed by atoms with Crippen molar-refractivity contribution in [2.75, 3.05) is 43.9 Å². The molecule has 1 fully saturated rings. The van der Waals surface area contributed by atoms with Gasteiger partial charge in [0.05, 0.1) is 18.3 Å². The van der Waals surface area contributed by atoms with Crippen LogP contribution in [0.3, 0.4) is 0 Å². The van der Waals surface area contributed by atoms with Gasteiger partial charge in [0.25, 0.3) is 0 Å². The summed E-state index contributed by atoms with van der Waals surface area (Å²) in [6.07, 6.45) is 4.47. The van der Waals surface area contributed by atoms with Crippen molar-refractivity contribution in [2.45, 2.75) is 44.1 Å². The normalized spacial score (nSPS) is 15.2. The summed E-state index contributed by atoms with van der Waals surface area (Å²) in [6.45, 7) is 10.9. The van der Waals surface area contributed by atoms with Crippen LogP contribution in [-0.4, -0.2) is 61.4 Å². The van der Waals surface area contributed by atoms with Crippen molar-refractivity contribution in [3.8, 4) is 0 Å². The molecule has 0 bridgehead atoms. The third-order valence-electron chi connectivity index (χ3n) is 4.91. The SMILES string of the molecule is C=CCSc1ccccc1NC(=O)CN1CCC(C(=O)NCCCOC(C)C)CC1. The van der Waals surface area contributed by atoms with E-state index in [0.717, 1.165) is 48.7 Å². The average Bonchev–Trinajstić information content (AvgIpc) is 2.73. The second-order valence-corrected chi connectivity index (χ2v) is 8.82. The molecular weight excluding hydrogens is 398 g/mol. The molecule has 30 heavy (non-hydrogen) atoms. The molecule has 0 atom stereocenters. The van der Waals surface area contributed by atoms with Gasteiger partial charge in [-0.1, -0.05) is 18.2 Å². The van der Waals surface area contributed by atoms with Crippen LogP contribution in [0.1, 0.15) is 33.1 Å². The fourth-order valence-corrected chi connectivity index (χ4v) is 4.08. The Balaban J connectivity index is 1.69. The lowest BCUT2D eigenvalue weighted by atomic mass is 9.96. The standard InChI is InChI=1S/C23H35N3O3S/c1-4-16-30-21-9-6-5-8-20(21)25-22(27)17-26-13-10-19(11-14-26)23(28)24-12-7-15-29-18(2)3/h4-6,8-9,18-19H,1,7,10-17H2,2-3H3,(H,24,28)(H,25,27). The number of thioether (sulfide) groups is 1. The van der Waals surface area contributed by atoms with E-state index >= 15 is 0 Å². The van der Waals surface area contributed by atoms with Gasteiger partial charge in [0, 0.05) is 29.7 Å². The molecule has 1 aromatic carbocycles. The lowest BCUT2D eigenvalue weighted by Crippen LogP contribution is -2.43. The average molecular weight is 434 g/mol. The zero-order valence-corrected chi connectivity index (χ0v) is 19.0. The van der Waals surface area contributed by atoms with Crippen LogP contribution >= 0.6 is 11.8 Å². The number of piperidine rings is 1. The Morgan fingerprint density at radius 1 is 1.30 bits per heavy atom. The van der Waals surface area contributed by atoms with E-state index < -0.39 is 0 Å². The smallest absolute Gasteiger partial charge is 0.238 e. The summed E-state index contributed by atoms with van der Waals surface area (Å²) in [4.78, 5) is 28.0. The maximum atomic E-state index is 12.5. The first-order valence-electron chi connectivity index (χ1n) is 10.7. The molecule has 0 radical (unpaired) electrons. The van der Waals surface area contributed by atoms with Gasteiger partial charge in [0.15, 0.2) is 0 Å². The predicted molar refractivity (Wildman–Crippen MR) is 124 cm³/mol. The molecule has 0 unspecified atom stereocenters. The molecule has 2 N–H and O–H groups in total. The van der Waals surface area contributed by atoms with Gasteiger partial charge in [0.2, 0.25) is 11.8 Å². The summed E-state index contributed by atoms with van der Waals surface area (Å²) in [5.41, 5.74) is 0.838. The molecule has 1 aliphatic rings. The predicted octanol–water partition coefficient (Wildman–Crippen LogP) is 3.55. The summed E-state index contributed by atoms with van der Waals surface area (Å²) in [5, 5.41) is 6.03. The largest absolute Gasteiger partial charge is 0.379 e. The van der Waals surface area contributed by atoms with Gasteiger partial charge in [-0.15, -0.1) is 18.3 Å². The summed E-state index contributed by atoms with van der Waals surface area (Å²) in [6, 6.07) is 7.82. The number of hydrogen-bond acceptors (Lipinski definition) is 5. The quantitative estimate of drug-likeness (QED) is 0.300. The molecule has 1 aliphatic heterocycles. The van der Waals surface area contributed by atoms with Crippen LogP contribution in [0, 0.1) is 5.92 Å². The molecule has 1 saturated heterocycles. The van der Waals surface area contributed by atoms with E-state index in [-0.39, 0.29) is 23.8 Å². The van der Waals surface area contributed by atoms with Crippen molar-refractivity contribution in [2.24, 2.45) is 5.92 Å². The van der Waals surface area contributed by atoms with E-state index in [4.69, 9.17) is 4.74 Å². The summed E-state index contributed by atoms with van der Waals surface area (Å²) < 4.78 is 5.49. The molecule has 0 aromatic heterocycles. The zero-order chi connectivity index (χ0) is 21.8. The van der Waals surface area contributed by atoms with E-state index in [9.17, 15) is 9.59 Å². The lowest BCUT2D eigenvalue weighted by Gasteiger charge is -2.30. The third-order valence-corrected chi connectivity index (χ3v) is 5.98. The van der Waals surface area contributed by atoms with Gasteiger partial charge in [0.1, 0.15) is 0 Å². The van der Waals surface area contributed by atoms with E-state index in [1.54, 1.807) is 11.8 Å². The molecule has 2 rings (SSSR count). The Hall–Kier alpha value is -1.83. The van der Waals surface area contributed by atoms with Crippen LogP contribution in [0.25, 0.3) is 0 Å².